The normalized spacial score (nSPS) is 25.9. The molecule has 1 unspecified atom stereocenters. The highest BCUT2D eigenvalue weighted by Gasteiger charge is 2.32. The van der Waals surface area contributed by atoms with E-state index in [1.807, 2.05) is 6.20 Å². The Bertz CT molecular complexity index is 329. The summed E-state index contributed by atoms with van der Waals surface area (Å²) in [7, 11) is 0. The number of nitrogens with two attached hydrogens (primary N) is 1. The molecule has 1 aromatic heterocycles. The molecule has 1 saturated heterocycles. The third-order valence-corrected chi connectivity index (χ3v) is 3.29. The molecule has 1 aromatic rings. The summed E-state index contributed by atoms with van der Waals surface area (Å²) in [5.41, 5.74) is 6.75. The van der Waals surface area contributed by atoms with Crippen molar-refractivity contribution in [2.24, 2.45) is 5.73 Å². The van der Waals surface area contributed by atoms with Gasteiger partial charge < -0.3 is 15.5 Å². The van der Waals surface area contributed by atoms with E-state index >= 15 is 0 Å². The largest absolute Gasteiger partial charge is 0.380 e. The van der Waals surface area contributed by atoms with Crippen molar-refractivity contribution in [3.8, 4) is 0 Å². The zero-order chi connectivity index (χ0) is 11.4. The lowest BCUT2D eigenvalue weighted by Crippen LogP contribution is -2.34. The van der Waals surface area contributed by atoms with Gasteiger partial charge in [-0.05, 0) is 32.2 Å². The minimum absolute atomic E-state index is 0.0687. The summed E-state index contributed by atoms with van der Waals surface area (Å²) in [5.74, 6) is 1.07. The average molecular weight is 223 g/mol. The van der Waals surface area contributed by atoms with Gasteiger partial charge in [-0.15, -0.1) is 0 Å². The highest BCUT2D eigenvalue weighted by Crippen LogP contribution is 2.30. The summed E-state index contributed by atoms with van der Waals surface area (Å²) >= 11 is 0. The number of H-pyrrole nitrogens is 1. The van der Waals surface area contributed by atoms with Crippen LogP contribution in [0.1, 0.15) is 37.7 Å². The molecule has 0 radical (unpaired) electrons. The van der Waals surface area contributed by atoms with Crippen LogP contribution in [-0.2, 0) is 16.6 Å². The summed E-state index contributed by atoms with van der Waals surface area (Å²) in [4.78, 5) is 7.90. The molecule has 0 spiro atoms. The topological polar surface area (TPSA) is 63.9 Å². The number of nitrogens with zero attached hydrogens (tertiary/aromatic N) is 1. The van der Waals surface area contributed by atoms with Crippen molar-refractivity contribution < 1.29 is 4.74 Å². The molecule has 16 heavy (non-hydrogen) atoms. The summed E-state index contributed by atoms with van der Waals surface area (Å²) in [6.07, 6.45) is 6.20. The van der Waals surface area contributed by atoms with Gasteiger partial charge >= 0.3 is 0 Å². The second kappa shape index (κ2) is 4.97. The molecule has 1 atom stereocenters. The number of hydrogen-bond acceptors (Lipinski definition) is 3. The van der Waals surface area contributed by atoms with E-state index in [0.717, 1.165) is 51.3 Å². The molecule has 4 nitrogen and oxygen atoms in total. The first-order chi connectivity index (χ1) is 7.74. The number of aromatic nitrogens is 2. The highest BCUT2D eigenvalue weighted by molar-refractivity contribution is 5.12. The molecule has 3 N–H and O–H groups in total. The van der Waals surface area contributed by atoms with Gasteiger partial charge in [0.05, 0.1) is 6.61 Å². The Labute approximate surface area is 96.6 Å². The number of nitrogens with one attached hydrogen (secondary N) is 1. The first-order valence-corrected chi connectivity index (χ1v) is 6.07. The molecule has 2 heterocycles. The predicted molar refractivity (Wildman–Crippen MR) is 63.4 cm³/mol. The lowest BCUT2D eigenvalue weighted by atomic mass is 9.84. The van der Waals surface area contributed by atoms with Gasteiger partial charge in [0.2, 0.25) is 0 Å². The molecule has 0 aromatic carbocycles. The second-order valence-electron chi connectivity index (χ2n) is 4.87. The minimum Gasteiger partial charge on any atom is -0.380 e. The number of rotatable bonds is 4. The highest BCUT2D eigenvalue weighted by atomic mass is 16.5. The molecule has 0 aliphatic carbocycles. The van der Waals surface area contributed by atoms with E-state index in [1.54, 1.807) is 0 Å². The number of imidazole rings is 1. The number of aryl methyl sites for hydroxylation is 1. The van der Waals surface area contributed by atoms with Crippen LogP contribution < -0.4 is 5.73 Å². The number of ether oxygens (including phenoxy) is 1. The molecule has 4 heteroatoms. The molecule has 0 saturated carbocycles. The smallest absolute Gasteiger partial charge is 0.114 e. The van der Waals surface area contributed by atoms with Crippen LogP contribution in [0, 0.1) is 0 Å². The van der Waals surface area contributed by atoms with Crippen molar-refractivity contribution in [2.45, 2.75) is 38.0 Å². The van der Waals surface area contributed by atoms with E-state index in [4.69, 9.17) is 10.5 Å². The molecule has 0 amide bonds. The van der Waals surface area contributed by atoms with Gasteiger partial charge in [0, 0.05) is 23.9 Å². The number of hydrogen-bond donors (Lipinski definition) is 2. The van der Waals surface area contributed by atoms with Crippen molar-refractivity contribution >= 4 is 0 Å². The van der Waals surface area contributed by atoms with Crippen LogP contribution in [0.5, 0.6) is 0 Å². The van der Waals surface area contributed by atoms with Gasteiger partial charge in [-0.1, -0.05) is 6.92 Å². The maximum Gasteiger partial charge on any atom is 0.114 e. The fourth-order valence-electron chi connectivity index (χ4n) is 2.21. The van der Waals surface area contributed by atoms with Gasteiger partial charge in [0.15, 0.2) is 0 Å². The summed E-state index contributed by atoms with van der Waals surface area (Å²) in [6.45, 7) is 4.61. The van der Waals surface area contributed by atoms with E-state index in [9.17, 15) is 0 Å². The zero-order valence-corrected chi connectivity index (χ0v) is 9.96. The summed E-state index contributed by atoms with van der Waals surface area (Å²) in [5, 5.41) is 0. The van der Waals surface area contributed by atoms with Crippen LogP contribution in [-0.4, -0.2) is 29.7 Å². The van der Waals surface area contributed by atoms with Crippen LogP contribution in [0.15, 0.2) is 6.20 Å². The van der Waals surface area contributed by atoms with Crippen molar-refractivity contribution in [3.63, 3.8) is 0 Å². The Balaban J connectivity index is 2.05. The van der Waals surface area contributed by atoms with Crippen LogP contribution in [0.4, 0.5) is 0 Å². The van der Waals surface area contributed by atoms with Crippen LogP contribution in [0.25, 0.3) is 0 Å². The van der Waals surface area contributed by atoms with E-state index in [2.05, 4.69) is 16.9 Å². The minimum atomic E-state index is 0.0687. The van der Waals surface area contributed by atoms with Gasteiger partial charge in [-0.25, -0.2) is 4.98 Å². The lowest BCUT2D eigenvalue weighted by Gasteiger charge is -2.31. The molecule has 90 valence electrons. The van der Waals surface area contributed by atoms with Crippen molar-refractivity contribution in [2.75, 3.05) is 19.8 Å². The molecule has 2 rings (SSSR count). The second-order valence-corrected chi connectivity index (χ2v) is 4.87. The van der Waals surface area contributed by atoms with E-state index in [0.29, 0.717) is 0 Å². The fraction of sp³-hybridized carbons (Fsp3) is 0.750. The predicted octanol–water partition coefficient (Wildman–Crippen LogP) is 1.37. The van der Waals surface area contributed by atoms with Gasteiger partial charge in [0.1, 0.15) is 5.82 Å². The molecular formula is C12H21N3O. The lowest BCUT2D eigenvalue weighted by molar-refractivity contribution is 0.0387. The van der Waals surface area contributed by atoms with Gasteiger partial charge in [0.25, 0.3) is 0 Å². The monoisotopic (exact) mass is 223 g/mol. The van der Waals surface area contributed by atoms with Crippen LogP contribution >= 0.6 is 0 Å². The fourth-order valence-corrected chi connectivity index (χ4v) is 2.21. The first-order valence-electron chi connectivity index (χ1n) is 6.07. The first kappa shape index (κ1) is 11.6. The van der Waals surface area contributed by atoms with Crippen molar-refractivity contribution in [1.29, 1.82) is 0 Å². The standard InChI is InChI=1S/C12H21N3O/c1-12(5-3-7-16-9-12)11-14-8-10(15-11)4-2-6-13/h8H,2-7,9,13H2,1H3,(H,14,15). The number of aromatic amines is 1. The van der Waals surface area contributed by atoms with E-state index in [-0.39, 0.29) is 5.41 Å². The third-order valence-electron chi connectivity index (χ3n) is 3.29. The molecule has 1 aliphatic heterocycles. The van der Waals surface area contributed by atoms with Crippen LogP contribution in [0.3, 0.4) is 0 Å². The quantitative estimate of drug-likeness (QED) is 0.810. The Morgan fingerprint density at radius 2 is 2.50 bits per heavy atom. The third kappa shape index (κ3) is 2.44. The Kier molecular flexibility index (Phi) is 3.61. The molecule has 1 fully saturated rings. The zero-order valence-electron chi connectivity index (χ0n) is 9.96. The van der Waals surface area contributed by atoms with Crippen molar-refractivity contribution in [3.05, 3.63) is 17.7 Å². The van der Waals surface area contributed by atoms with E-state index in [1.165, 1.54) is 5.69 Å². The van der Waals surface area contributed by atoms with E-state index < -0.39 is 0 Å². The Morgan fingerprint density at radius 1 is 1.62 bits per heavy atom. The Hall–Kier alpha value is -0.870. The maximum absolute atomic E-state index is 5.55. The Morgan fingerprint density at radius 3 is 3.19 bits per heavy atom. The summed E-state index contributed by atoms with van der Waals surface area (Å²) < 4.78 is 5.55. The van der Waals surface area contributed by atoms with Crippen molar-refractivity contribution in [1.82, 2.24) is 9.97 Å². The summed E-state index contributed by atoms with van der Waals surface area (Å²) in [6, 6.07) is 0. The molecular weight excluding hydrogens is 202 g/mol. The maximum atomic E-state index is 5.55. The molecule has 1 aliphatic rings. The van der Waals surface area contributed by atoms with Gasteiger partial charge in [-0.3, -0.25) is 0 Å². The van der Waals surface area contributed by atoms with Gasteiger partial charge in [-0.2, -0.15) is 0 Å². The SMILES string of the molecule is CC1(c2ncc(CCCN)[nH]2)CCCOC1. The molecule has 0 bridgehead atoms. The average Bonchev–Trinajstić information content (AvgIpc) is 2.77. The van der Waals surface area contributed by atoms with Crippen LogP contribution in [0.2, 0.25) is 0 Å².